The molecule has 1 aliphatic rings. The van der Waals surface area contributed by atoms with Crippen molar-refractivity contribution in [3.63, 3.8) is 0 Å². The van der Waals surface area contributed by atoms with Crippen molar-refractivity contribution in [1.29, 1.82) is 0 Å². The molecule has 1 aliphatic heterocycles. The highest BCUT2D eigenvalue weighted by atomic mass is 79.9. The van der Waals surface area contributed by atoms with E-state index in [2.05, 4.69) is 20.9 Å². The van der Waals surface area contributed by atoms with E-state index in [1.165, 1.54) is 0 Å². The van der Waals surface area contributed by atoms with Crippen molar-refractivity contribution >= 4 is 27.4 Å². The first-order valence-electron chi connectivity index (χ1n) is 4.49. The molecule has 0 N–H and O–H groups in total. The average molecular weight is 278 g/mol. The van der Waals surface area contributed by atoms with Crippen molar-refractivity contribution in [3.8, 4) is 0 Å². The minimum absolute atomic E-state index is 0.138. The zero-order valence-corrected chi connectivity index (χ0v) is 9.98. The molecule has 2 heterocycles. The highest BCUT2D eigenvalue weighted by Crippen LogP contribution is 2.38. The van der Waals surface area contributed by atoms with Crippen LogP contribution in [0.5, 0.6) is 0 Å². The zero-order chi connectivity index (χ0) is 11.2. The van der Waals surface area contributed by atoms with Crippen LogP contribution in [0.2, 0.25) is 0 Å². The molecule has 15 heavy (non-hydrogen) atoms. The summed E-state index contributed by atoms with van der Waals surface area (Å²) >= 11 is 3.06. The number of pyridine rings is 1. The van der Waals surface area contributed by atoms with Gasteiger partial charge < -0.3 is 9.80 Å². The summed E-state index contributed by atoms with van der Waals surface area (Å²) in [6, 6.07) is 0. The van der Waals surface area contributed by atoms with Crippen LogP contribution in [0.1, 0.15) is 0 Å². The van der Waals surface area contributed by atoms with Crippen LogP contribution in [0.15, 0.2) is 4.47 Å². The monoisotopic (exact) mass is 277 g/mol. The van der Waals surface area contributed by atoms with E-state index in [0.29, 0.717) is 11.5 Å². The second-order valence-electron chi connectivity index (χ2n) is 3.55. The Morgan fingerprint density at radius 3 is 2.47 bits per heavy atom. The lowest BCUT2D eigenvalue weighted by Gasteiger charge is -2.34. The number of anilines is 2. The summed E-state index contributed by atoms with van der Waals surface area (Å²) in [6.07, 6.45) is 0. The van der Waals surface area contributed by atoms with E-state index < -0.39 is 11.8 Å². The number of rotatable bonds is 0. The van der Waals surface area contributed by atoms with Crippen molar-refractivity contribution in [2.24, 2.45) is 0 Å². The lowest BCUT2D eigenvalue weighted by Crippen LogP contribution is -2.38. The second kappa shape index (κ2) is 3.59. The van der Waals surface area contributed by atoms with Gasteiger partial charge in [0, 0.05) is 27.2 Å². The smallest absolute Gasteiger partial charge is 0.252 e. The normalized spacial score (nSPS) is 15.5. The summed E-state index contributed by atoms with van der Waals surface area (Å²) in [7, 11) is 3.64. The summed E-state index contributed by atoms with van der Waals surface area (Å²) < 4.78 is 26.5. The molecule has 82 valence electrons. The predicted octanol–water partition coefficient (Wildman–Crippen LogP) is 2.01. The van der Waals surface area contributed by atoms with Crippen LogP contribution in [0.4, 0.5) is 20.3 Å². The van der Waals surface area contributed by atoms with Crippen LogP contribution >= 0.6 is 15.9 Å². The van der Waals surface area contributed by atoms with Crippen molar-refractivity contribution in [3.05, 3.63) is 16.2 Å². The van der Waals surface area contributed by atoms with E-state index >= 15 is 0 Å². The fourth-order valence-corrected chi connectivity index (χ4v) is 2.25. The number of halogens is 3. The summed E-state index contributed by atoms with van der Waals surface area (Å²) in [4.78, 5) is 7.28. The summed E-state index contributed by atoms with van der Waals surface area (Å²) in [6.45, 7) is 1.50. The Hall–Kier alpha value is -0.910. The quantitative estimate of drug-likeness (QED) is 0.677. The van der Waals surface area contributed by atoms with E-state index in [9.17, 15) is 8.78 Å². The summed E-state index contributed by atoms with van der Waals surface area (Å²) in [5.74, 6) is -1.53. The third-order valence-electron chi connectivity index (χ3n) is 2.51. The maximum Gasteiger partial charge on any atom is 0.252 e. The van der Waals surface area contributed by atoms with E-state index in [-0.39, 0.29) is 4.47 Å². The van der Waals surface area contributed by atoms with Crippen molar-refractivity contribution in [1.82, 2.24) is 4.98 Å². The molecule has 6 heteroatoms. The zero-order valence-electron chi connectivity index (χ0n) is 8.39. The molecule has 0 saturated carbocycles. The van der Waals surface area contributed by atoms with E-state index in [4.69, 9.17) is 0 Å². The Labute approximate surface area is 94.8 Å². The van der Waals surface area contributed by atoms with Crippen LogP contribution in [-0.2, 0) is 0 Å². The van der Waals surface area contributed by atoms with Crippen LogP contribution < -0.4 is 9.80 Å². The first kappa shape index (κ1) is 10.6. The van der Waals surface area contributed by atoms with Gasteiger partial charge in [-0.15, -0.1) is 0 Å². The van der Waals surface area contributed by atoms with E-state index in [0.717, 1.165) is 13.1 Å². The Balaban J connectivity index is 2.68. The third kappa shape index (κ3) is 1.56. The van der Waals surface area contributed by atoms with Crippen molar-refractivity contribution < 1.29 is 8.78 Å². The highest BCUT2D eigenvalue weighted by molar-refractivity contribution is 9.10. The van der Waals surface area contributed by atoms with Gasteiger partial charge in [0.1, 0.15) is 0 Å². The van der Waals surface area contributed by atoms with Gasteiger partial charge in [-0.2, -0.15) is 9.37 Å². The van der Waals surface area contributed by atoms with Gasteiger partial charge in [-0.25, -0.2) is 4.39 Å². The molecule has 0 unspecified atom stereocenters. The molecule has 0 atom stereocenters. The predicted molar refractivity (Wildman–Crippen MR) is 58.4 cm³/mol. The molecule has 0 aromatic carbocycles. The van der Waals surface area contributed by atoms with Gasteiger partial charge in [-0.3, -0.25) is 0 Å². The molecular weight excluding hydrogens is 268 g/mol. The molecule has 2 rings (SSSR count). The molecule has 1 aromatic heterocycles. The molecule has 1 aromatic rings. The van der Waals surface area contributed by atoms with Crippen LogP contribution in [0.25, 0.3) is 0 Å². The SMILES string of the molecule is CN1CCN(C)c2c1nc(F)c(F)c2Br. The van der Waals surface area contributed by atoms with Crippen molar-refractivity contribution in [2.45, 2.75) is 0 Å². The maximum absolute atomic E-state index is 13.3. The molecule has 0 amide bonds. The fourth-order valence-electron chi connectivity index (χ4n) is 1.61. The topological polar surface area (TPSA) is 19.4 Å². The lowest BCUT2D eigenvalue weighted by atomic mass is 10.2. The first-order valence-corrected chi connectivity index (χ1v) is 5.28. The van der Waals surface area contributed by atoms with Gasteiger partial charge in [0.2, 0.25) is 0 Å². The number of hydrogen-bond donors (Lipinski definition) is 0. The lowest BCUT2D eigenvalue weighted by molar-refractivity contribution is 0.473. The molecule has 0 saturated heterocycles. The number of likely N-dealkylation sites (N-methyl/N-ethyl adjacent to an activating group) is 2. The second-order valence-corrected chi connectivity index (χ2v) is 4.34. The molecule has 3 nitrogen and oxygen atoms in total. The number of fused-ring (bicyclic) bond motifs is 1. The van der Waals surface area contributed by atoms with E-state index in [1.807, 2.05) is 23.9 Å². The van der Waals surface area contributed by atoms with Gasteiger partial charge >= 0.3 is 0 Å². The number of hydrogen-bond acceptors (Lipinski definition) is 3. The van der Waals surface area contributed by atoms with Crippen LogP contribution in [-0.4, -0.2) is 32.2 Å². The van der Waals surface area contributed by atoms with Crippen molar-refractivity contribution in [2.75, 3.05) is 37.0 Å². The van der Waals surface area contributed by atoms with E-state index in [1.54, 1.807) is 0 Å². The Bertz CT molecular complexity index is 411. The van der Waals surface area contributed by atoms with Gasteiger partial charge in [0.25, 0.3) is 5.95 Å². The Morgan fingerprint density at radius 2 is 1.80 bits per heavy atom. The molecule has 0 spiro atoms. The largest absolute Gasteiger partial charge is 0.369 e. The maximum atomic E-state index is 13.3. The molecule has 0 radical (unpaired) electrons. The number of aromatic nitrogens is 1. The summed E-state index contributed by atoms with van der Waals surface area (Å²) in [5, 5.41) is 0. The number of nitrogens with zero attached hydrogens (tertiary/aromatic N) is 3. The fraction of sp³-hybridized carbons (Fsp3) is 0.444. The highest BCUT2D eigenvalue weighted by Gasteiger charge is 2.26. The Kier molecular flexibility index (Phi) is 2.54. The molecule has 0 bridgehead atoms. The molecular formula is C9H10BrF2N3. The van der Waals surface area contributed by atoms with Gasteiger partial charge in [-0.05, 0) is 15.9 Å². The van der Waals surface area contributed by atoms with Gasteiger partial charge in [-0.1, -0.05) is 0 Å². The van der Waals surface area contributed by atoms with Gasteiger partial charge in [0.05, 0.1) is 10.2 Å². The Morgan fingerprint density at radius 1 is 1.20 bits per heavy atom. The average Bonchev–Trinajstić information content (AvgIpc) is 2.20. The first-order chi connectivity index (χ1) is 7.02. The van der Waals surface area contributed by atoms with Gasteiger partial charge in [0.15, 0.2) is 11.6 Å². The molecule has 0 fully saturated rings. The summed E-state index contributed by atoms with van der Waals surface area (Å²) in [5.41, 5.74) is 0.600. The molecule has 0 aliphatic carbocycles. The standard InChI is InChI=1S/C9H10BrF2N3/c1-14-3-4-15(2)9-7(14)5(10)6(11)8(12)13-9/h3-4H2,1-2H3. The third-order valence-corrected chi connectivity index (χ3v) is 3.24. The van der Waals surface area contributed by atoms with Crippen LogP contribution in [0.3, 0.4) is 0 Å². The minimum atomic E-state index is -1.07. The van der Waals surface area contributed by atoms with Crippen LogP contribution in [0, 0.1) is 11.8 Å². The minimum Gasteiger partial charge on any atom is -0.369 e.